The van der Waals surface area contributed by atoms with Crippen LogP contribution in [0, 0.1) is 0 Å². The van der Waals surface area contributed by atoms with E-state index in [4.69, 9.17) is 14.2 Å². The molecule has 0 spiro atoms. The van der Waals surface area contributed by atoms with E-state index in [9.17, 15) is 24.6 Å². The molecule has 0 aliphatic carbocycles. The molecule has 2 aromatic rings. The molecule has 48 heavy (non-hydrogen) atoms. The van der Waals surface area contributed by atoms with Gasteiger partial charge in [-0.05, 0) is 49.1 Å². The minimum atomic E-state index is -1.30. The molecule has 2 N–H and O–H groups in total. The van der Waals surface area contributed by atoms with Crippen LogP contribution < -0.4 is 14.2 Å². The molecule has 2 aromatic carbocycles. The van der Waals surface area contributed by atoms with Gasteiger partial charge in [-0.15, -0.1) is 0 Å². The zero-order chi connectivity index (χ0) is 34.8. The fourth-order valence-electron chi connectivity index (χ4n) is 5.67. The largest absolute Gasteiger partial charge is 0.497 e. The van der Waals surface area contributed by atoms with Crippen molar-refractivity contribution in [2.45, 2.75) is 122 Å². The fourth-order valence-corrected chi connectivity index (χ4v) is 5.67. The average Bonchev–Trinajstić information content (AvgIpc) is 3.07. The van der Waals surface area contributed by atoms with Gasteiger partial charge in [0.2, 0.25) is 0 Å². The Kier molecular flexibility index (Phi) is 21.3. The number of aliphatic carboxylic acids is 2. The monoisotopic (exact) mass is 669 g/mol. The van der Waals surface area contributed by atoms with Crippen LogP contribution in [0.5, 0.6) is 17.2 Å². The molecule has 0 unspecified atom stereocenters. The van der Waals surface area contributed by atoms with Gasteiger partial charge in [-0.25, -0.2) is 0 Å². The molecule has 0 aromatic heterocycles. The summed E-state index contributed by atoms with van der Waals surface area (Å²) >= 11 is 0. The van der Waals surface area contributed by atoms with E-state index in [1.54, 1.807) is 13.2 Å². The third-order valence-corrected chi connectivity index (χ3v) is 8.37. The summed E-state index contributed by atoms with van der Waals surface area (Å²) in [6.07, 6.45) is 22.1. The molecule has 0 saturated heterocycles. The number of aryl methyl sites for hydroxylation is 1. The van der Waals surface area contributed by atoms with E-state index in [2.05, 4.69) is 6.92 Å². The number of hydrogen-bond acceptors (Lipinski definition) is 6. The van der Waals surface area contributed by atoms with Gasteiger partial charge < -0.3 is 29.3 Å². The van der Waals surface area contributed by atoms with Crippen LogP contribution in [0.3, 0.4) is 0 Å². The van der Waals surface area contributed by atoms with Crippen LogP contribution in [0.2, 0.25) is 0 Å². The minimum absolute atomic E-state index is 0.118. The molecule has 0 heterocycles. The molecule has 0 fully saturated rings. The number of ether oxygens (including phenoxy) is 3. The first-order valence-electron chi connectivity index (χ1n) is 18.1. The summed E-state index contributed by atoms with van der Waals surface area (Å²) in [5.74, 6) is -1.68. The Bertz CT molecular complexity index is 1170. The maximum Gasteiger partial charge on any atom is 0.323 e. The normalized spacial score (nSPS) is 10.9. The Morgan fingerprint density at radius 2 is 1.02 bits per heavy atom. The van der Waals surface area contributed by atoms with Crippen LogP contribution in [-0.2, 0) is 16.0 Å². The summed E-state index contributed by atoms with van der Waals surface area (Å²) in [5, 5.41) is 18.5. The molecule has 1 amide bonds. The number of amides is 1. The SMILES string of the molecule is CCCCCCCCCCCCCCCCCCOc1cc(OCCCc2ccc(OC)cc2)cc(C(=O)N(CC(=O)O)CC(=O)O)c1. The van der Waals surface area contributed by atoms with Gasteiger partial charge in [0.1, 0.15) is 30.3 Å². The Morgan fingerprint density at radius 1 is 0.583 bits per heavy atom. The summed E-state index contributed by atoms with van der Waals surface area (Å²) in [6.45, 7) is 1.66. The second kappa shape index (κ2) is 25.3. The second-order valence-electron chi connectivity index (χ2n) is 12.6. The molecule has 0 aliphatic rings. The molecular weight excluding hydrogens is 610 g/mol. The van der Waals surface area contributed by atoms with Crippen LogP contribution in [0.25, 0.3) is 0 Å². The van der Waals surface area contributed by atoms with E-state index in [0.29, 0.717) is 24.7 Å². The van der Waals surface area contributed by atoms with E-state index < -0.39 is 30.9 Å². The van der Waals surface area contributed by atoms with E-state index in [1.807, 2.05) is 24.3 Å². The summed E-state index contributed by atoms with van der Waals surface area (Å²) in [4.78, 5) is 36.6. The van der Waals surface area contributed by atoms with Crippen molar-refractivity contribution in [3.63, 3.8) is 0 Å². The van der Waals surface area contributed by atoms with E-state index in [-0.39, 0.29) is 5.56 Å². The predicted molar refractivity (Wildman–Crippen MR) is 189 cm³/mol. The van der Waals surface area contributed by atoms with Gasteiger partial charge in [-0.3, -0.25) is 14.4 Å². The molecule has 0 saturated carbocycles. The summed E-state index contributed by atoms with van der Waals surface area (Å²) in [7, 11) is 1.63. The highest BCUT2D eigenvalue weighted by Gasteiger charge is 2.22. The predicted octanol–water partition coefficient (Wildman–Crippen LogP) is 8.96. The molecular formula is C39H59NO8. The number of rotatable bonds is 29. The van der Waals surface area contributed by atoms with Crippen molar-refractivity contribution in [3.05, 3.63) is 53.6 Å². The smallest absolute Gasteiger partial charge is 0.323 e. The molecule has 0 atom stereocenters. The lowest BCUT2D eigenvalue weighted by molar-refractivity contribution is -0.140. The number of carboxylic acids is 2. The average molecular weight is 670 g/mol. The number of hydrogen-bond donors (Lipinski definition) is 2. The quantitative estimate of drug-likeness (QED) is 0.0823. The number of nitrogens with zero attached hydrogens (tertiary/aromatic N) is 1. The molecule has 0 aliphatic heterocycles. The van der Waals surface area contributed by atoms with Gasteiger partial charge in [0.15, 0.2) is 0 Å². The van der Waals surface area contributed by atoms with Crippen LogP contribution in [0.1, 0.15) is 132 Å². The molecule has 268 valence electrons. The van der Waals surface area contributed by atoms with Crippen molar-refractivity contribution in [2.75, 3.05) is 33.4 Å². The second-order valence-corrected chi connectivity index (χ2v) is 12.6. The number of unbranched alkanes of at least 4 members (excludes halogenated alkanes) is 15. The Morgan fingerprint density at radius 3 is 1.46 bits per heavy atom. The first kappa shape index (κ1) is 40.4. The van der Waals surface area contributed by atoms with Crippen molar-refractivity contribution >= 4 is 17.8 Å². The van der Waals surface area contributed by atoms with Gasteiger partial charge in [-0.1, -0.05) is 115 Å². The third kappa shape index (κ3) is 18.6. The van der Waals surface area contributed by atoms with Crippen LogP contribution in [0.4, 0.5) is 0 Å². The van der Waals surface area contributed by atoms with Crippen molar-refractivity contribution in [1.29, 1.82) is 0 Å². The minimum Gasteiger partial charge on any atom is -0.497 e. The van der Waals surface area contributed by atoms with Crippen molar-refractivity contribution < 1.29 is 38.8 Å². The van der Waals surface area contributed by atoms with Crippen molar-refractivity contribution in [2.24, 2.45) is 0 Å². The first-order chi connectivity index (χ1) is 23.3. The highest BCUT2D eigenvalue weighted by molar-refractivity contribution is 5.98. The summed E-state index contributed by atoms with van der Waals surface area (Å²) < 4.78 is 17.2. The molecule has 9 nitrogen and oxygen atoms in total. The number of carbonyl (C=O) groups is 3. The van der Waals surface area contributed by atoms with Crippen molar-refractivity contribution in [1.82, 2.24) is 4.90 Å². The van der Waals surface area contributed by atoms with E-state index >= 15 is 0 Å². The maximum absolute atomic E-state index is 13.2. The van der Waals surface area contributed by atoms with E-state index in [0.717, 1.165) is 48.3 Å². The Balaban J connectivity index is 1.79. The van der Waals surface area contributed by atoms with Gasteiger partial charge in [0.05, 0.1) is 20.3 Å². The standard InChI is InChI=1S/C39H59NO8/c1-3-4-5-6-7-8-9-10-11-12-13-14-15-16-17-18-25-47-35-27-33(39(45)40(30-37(41)42)31-38(43)44)28-36(29-35)48-26-19-20-32-21-23-34(46-2)24-22-32/h21-24,27-29H,3-20,25-26,30-31H2,1-2H3,(H,41,42)(H,43,44). The van der Waals surface area contributed by atoms with E-state index in [1.165, 1.54) is 95.6 Å². The Hall–Kier alpha value is -3.75. The zero-order valence-electron chi connectivity index (χ0n) is 29.4. The molecule has 0 radical (unpaired) electrons. The number of benzene rings is 2. The van der Waals surface area contributed by atoms with Crippen molar-refractivity contribution in [3.8, 4) is 17.2 Å². The number of methoxy groups -OCH3 is 1. The van der Waals surface area contributed by atoms with Gasteiger partial charge in [0, 0.05) is 11.6 Å². The van der Waals surface area contributed by atoms with Crippen LogP contribution >= 0.6 is 0 Å². The lowest BCUT2D eigenvalue weighted by atomic mass is 10.0. The Labute approximate surface area is 288 Å². The summed E-state index contributed by atoms with van der Waals surface area (Å²) in [6, 6.07) is 12.6. The highest BCUT2D eigenvalue weighted by Crippen LogP contribution is 2.25. The number of carboxylic acid groups (broad SMARTS) is 2. The van der Waals surface area contributed by atoms with Crippen LogP contribution in [-0.4, -0.2) is 66.4 Å². The highest BCUT2D eigenvalue weighted by atomic mass is 16.5. The van der Waals surface area contributed by atoms with Crippen LogP contribution in [0.15, 0.2) is 42.5 Å². The number of carbonyl (C=O) groups excluding carboxylic acids is 1. The topological polar surface area (TPSA) is 123 Å². The summed E-state index contributed by atoms with van der Waals surface area (Å²) in [5.41, 5.74) is 1.26. The zero-order valence-corrected chi connectivity index (χ0v) is 29.4. The lowest BCUT2D eigenvalue weighted by Gasteiger charge is -2.19. The van der Waals surface area contributed by atoms with Gasteiger partial charge >= 0.3 is 11.9 Å². The molecule has 2 rings (SSSR count). The molecule has 0 bridgehead atoms. The van der Waals surface area contributed by atoms with Gasteiger partial charge in [0.25, 0.3) is 5.91 Å². The first-order valence-corrected chi connectivity index (χ1v) is 18.1. The lowest BCUT2D eigenvalue weighted by Crippen LogP contribution is -2.39. The van der Waals surface area contributed by atoms with Gasteiger partial charge in [-0.2, -0.15) is 0 Å². The fraction of sp³-hybridized carbons (Fsp3) is 0.615. The third-order valence-electron chi connectivity index (χ3n) is 8.37. The maximum atomic E-state index is 13.2. The molecule has 9 heteroatoms.